The zero-order valence-electron chi connectivity index (χ0n) is 19.2. The van der Waals surface area contributed by atoms with E-state index in [0.717, 1.165) is 48.5 Å². The van der Waals surface area contributed by atoms with Gasteiger partial charge in [0, 0.05) is 24.9 Å². The molecule has 5 nitrogen and oxygen atoms in total. The molecule has 32 heavy (non-hydrogen) atoms. The van der Waals surface area contributed by atoms with Crippen molar-refractivity contribution in [2.24, 2.45) is 0 Å². The van der Waals surface area contributed by atoms with Gasteiger partial charge in [0.05, 0.1) is 17.6 Å². The van der Waals surface area contributed by atoms with Crippen LogP contribution in [0.5, 0.6) is 5.75 Å². The highest BCUT2D eigenvalue weighted by Crippen LogP contribution is 2.35. The van der Waals surface area contributed by atoms with E-state index in [1.165, 1.54) is 18.4 Å². The first kappa shape index (κ1) is 21.0. The summed E-state index contributed by atoms with van der Waals surface area (Å²) in [5.74, 6) is 2.85. The van der Waals surface area contributed by atoms with E-state index in [1.807, 2.05) is 12.1 Å². The van der Waals surface area contributed by atoms with Crippen LogP contribution in [0.25, 0.3) is 11.0 Å². The van der Waals surface area contributed by atoms with Crippen molar-refractivity contribution in [2.75, 3.05) is 13.2 Å². The van der Waals surface area contributed by atoms with Gasteiger partial charge < -0.3 is 14.2 Å². The van der Waals surface area contributed by atoms with Gasteiger partial charge in [0.25, 0.3) is 0 Å². The van der Waals surface area contributed by atoms with Gasteiger partial charge in [0.1, 0.15) is 18.2 Å². The van der Waals surface area contributed by atoms with Crippen molar-refractivity contribution in [1.82, 2.24) is 14.5 Å². The Morgan fingerprint density at radius 3 is 2.62 bits per heavy atom. The number of hydrogen-bond donors (Lipinski definition) is 0. The van der Waals surface area contributed by atoms with Gasteiger partial charge in [-0.15, -0.1) is 0 Å². The number of amides is 1. The van der Waals surface area contributed by atoms with E-state index in [2.05, 4.69) is 59.7 Å². The number of hydrogen-bond acceptors (Lipinski definition) is 3. The lowest BCUT2D eigenvalue weighted by Crippen LogP contribution is -2.34. The molecule has 1 unspecified atom stereocenters. The van der Waals surface area contributed by atoms with E-state index in [9.17, 15) is 4.79 Å². The van der Waals surface area contributed by atoms with Gasteiger partial charge in [0.2, 0.25) is 5.91 Å². The standard InChI is InChI=1S/C27H33N3O2/c1-19(2)22-11-5-8-14-25(22)32-16-15-29-24-13-7-6-12-23(24)28-27(29)20-17-26(31)30(18-20)21-9-3-4-10-21/h5-8,11-14,19-21H,3-4,9-10,15-18H2,1-2H3. The monoisotopic (exact) mass is 431 g/mol. The van der Waals surface area contributed by atoms with Crippen molar-refractivity contribution in [3.63, 3.8) is 0 Å². The van der Waals surface area contributed by atoms with Crippen molar-refractivity contribution in [3.8, 4) is 5.75 Å². The Morgan fingerprint density at radius 1 is 1.06 bits per heavy atom. The van der Waals surface area contributed by atoms with E-state index in [1.54, 1.807) is 0 Å². The molecule has 0 spiro atoms. The Kier molecular flexibility index (Phi) is 5.90. The molecule has 5 heteroatoms. The summed E-state index contributed by atoms with van der Waals surface area (Å²) in [7, 11) is 0. The maximum atomic E-state index is 12.8. The first-order chi connectivity index (χ1) is 15.6. The molecular formula is C27H33N3O2. The Bertz CT molecular complexity index is 1100. The van der Waals surface area contributed by atoms with Gasteiger partial charge in [0.15, 0.2) is 0 Å². The van der Waals surface area contributed by atoms with Gasteiger partial charge in [-0.25, -0.2) is 4.98 Å². The zero-order valence-corrected chi connectivity index (χ0v) is 19.2. The normalized spacial score (nSPS) is 19.5. The highest BCUT2D eigenvalue weighted by Gasteiger charge is 2.38. The van der Waals surface area contributed by atoms with Crippen LogP contribution in [-0.2, 0) is 11.3 Å². The van der Waals surface area contributed by atoms with Crippen molar-refractivity contribution in [2.45, 2.75) is 70.4 Å². The van der Waals surface area contributed by atoms with E-state index in [4.69, 9.17) is 9.72 Å². The van der Waals surface area contributed by atoms with Crippen LogP contribution in [-0.4, -0.2) is 39.6 Å². The number of carbonyl (C=O) groups excluding carboxylic acids is 1. The summed E-state index contributed by atoms with van der Waals surface area (Å²) in [5.41, 5.74) is 3.35. The molecular weight excluding hydrogens is 398 g/mol. The van der Waals surface area contributed by atoms with Gasteiger partial charge in [-0.1, -0.05) is 57.0 Å². The average molecular weight is 432 g/mol. The molecule has 168 valence electrons. The molecule has 1 amide bonds. The summed E-state index contributed by atoms with van der Waals surface area (Å²) in [6.45, 7) is 6.47. The van der Waals surface area contributed by atoms with E-state index < -0.39 is 0 Å². The minimum absolute atomic E-state index is 0.151. The predicted octanol–water partition coefficient (Wildman–Crippen LogP) is 5.50. The minimum Gasteiger partial charge on any atom is -0.491 e. The fourth-order valence-corrected chi connectivity index (χ4v) is 5.45. The number of rotatable bonds is 7. The number of ether oxygens (including phenoxy) is 1. The lowest BCUT2D eigenvalue weighted by molar-refractivity contribution is -0.129. The molecule has 5 rings (SSSR count). The second-order valence-electron chi connectivity index (χ2n) is 9.54. The third kappa shape index (κ3) is 4.01. The maximum Gasteiger partial charge on any atom is 0.223 e. The van der Waals surface area contributed by atoms with Crippen LogP contribution in [0.4, 0.5) is 0 Å². The molecule has 1 saturated carbocycles. The Morgan fingerprint density at radius 2 is 1.81 bits per heavy atom. The number of likely N-dealkylation sites (tertiary alicyclic amines) is 1. The number of benzene rings is 2. The number of carbonyl (C=O) groups is 1. The Labute approximate surface area is 190 Å². The topological polar surface area (TPSA) is 47.4 Å². The van der Waals surface area contributed by atoms with Crippen LogP contribution < -0.4 is 4.74 Å². The first-order valence-corrected chi connectivity index (χ1v) is 12.1. The fraction of sp³-hybridized carbons (Fsp3) is 0.481. The Hall–Kier alpha value is -2.82. The average Bonchev–Trinajstić information content (AvgIpc) is 3.53. The minimum atomic E-state index is 0.151. The number of nitrogens with zero attached hydrogens (tertiary/aromatic N) is 3. The molecule has 0 bridgehead atoms. The summed E-state index contributed by atoms with van der Waals surface area (Å²) in [4.78, 5) is 20.0. The summed E-state index contributed by atoms with van der Waals surface area (Å²) >= 11 is 0. The van der Waals surface area contributed by atoms with Gasteiger partial charge in [-0.3, -0.25) is 4.79 Å². The summed E-state index contributed by atoms with van der Waals surface area (Å²) in [6, 6.07) is 17.0. The molecule has 2 fully saturated rings. The van der Waals surface area contributed by atoms with Gasteiger partial charge >= 0.3 is 0 Å². The fourth-order valence-electron chi connectivity index (χ4n) is 5.45. The number of aromatic nitrogens is 2. The van der Waals surface area contributed by atoms with Crippen molar-refractivity contribution >= 4 is 16.9 Å². The molecule has 2 aliphatic rings. The van der Waals surface area contributed by atoms with Crippen molar-refractivity contribution < 1.29 is 9.53 Å². The lowest BCUT2D eigenvalue weighted by Gasteiger charge is -2.24. The zero-order chi connectivity index (χ0) is 22.1. The molecule has 1 aliphatic carbocycles. The number of fused-ring (bicyclic) bond motifs is 1. The van der Waals surface area contributed by atoms with Crippen LogP contribution in [0.1, 0.15) is 69.2 Å². The molecule has 2 aromatic carbocycles. The third-order valence-electron chi connectivity index (χ3n) is 7.09. The van der Waals surface area contributed by atoms with Gasteiger partial charge in [-0.2, -0.15) is 0 Å². The second-order valence-corrected chi connectivity index (χ2v) is 9.54. The van der Waals surface area contributed by atoms with Crippen LogP contribution in [0.3, 0.4) is 0 Å². The van der Waals surface area contributed by atoms with Crippen LogP contribution in [0, 0.1) is 0 Å². The van der Waals surface area contributed by atoms with Crippen LogP contribution >= 0.6 is 0 Å². The summed E-state index contributed by atoms with van der Waals surface area (Å²) in [5, 5.41) is 0. The largest absolute Gasteiger partial charge is 0.491 e. The summed E-state index contributed by atoms with van der Waals surface area (Å²) in [6.07, 6.45) is 5.35. The second kappa shape index (κ2) is 8.97. The SMILES string of the molecule is CC(C)c1ccccc1OCCn1c(C2CC(=O)N(C3CCCC3)C2)nc2ccccc21. The smallest absolute Gasteiger partial charge is 0.223 e. The maximum absolute atomic E-state index is 12.8. The molecule has 1 aromatic heterocycles. The molecule has 3 aromatic rings. The van der Waals surface area contributed by atoms with Gasteiger partial charge in [-0.05, 0) is 42.5 Å². The van der Waals surface area contributed by atoms with E-state index in [0.29, 0.717) is 30.9 Å². The molecule has 1 aliphatic heterocycles. The van der Waals surface area contributed by atoms with Crippen molar-refractivity contribution in [1.29, 1.82) is 0 Å². The molecule has 1 saturated heterocycles. The van der Waals surface area contributed by atoms with E-state index >= 15 is 0 Å². The summed E-state index contributed by atoms with van der Waals surface area (Å²) < 4.78 is 8.52. The molecule has 0 radical (unpaired) electrons. The molecule has 1 atom stereocenters. The number of para-hydroxylation sites is 3. The number of imidazole rings is 1. The quantitative estimate of drug-likeness (QED) is 0.496. The highest BCUT2D eigenvalue weighted by molar-refractivity contribution is 5.81. The van der Waals surface area contributed by atoms with E-state index in [-0.39, 0.29) is 5.92 Å². The van der Waals surface area contributed by atoms with Crippen LogP contribution in [0.15, 0.2) is 48.5 Å². The predicted molar refractivity (Wildman–Crippen MR) is 127 cm³/mol. The Balaban J connectivity index is 1.37. The molecule has 2 heterocycles. The highest BCUT2D eigenvalue weighted by atomic mass is 16.5. The molecule has 0 N–H and O–H groups in total. The van der Waals surface area contributed by atoms with Crippen LogP contribution in [0.2, 0.25) is 0 Å². The third-order valence-corrected chi connectivity index (χ3v) is 7.09. The van der Waals surface area contributed by atoms with Crippen molar-refractivity contribution in [3.05, 3.63) is 59.9 Å². The lowest BCUT2D eigenvalue weighted by atomic mass is 10.0. The first-order valence-electron chi connectivity index (χ1n) is 12.1.